The zero-order chi connectivity index (χ0) is 32.3. The molecule has 3 fully saturated rings. The van der Waals surface area contributed by atoms with Crippen molar-refractivity contribution in [2.75, 3.05) is 64.2 Å². The third-order valence-corrected chi connectivity index (χ3v) is 10.8. The number of likely N-dealkylation sites (tertiary alicyclic amines) is 2. The van der Waals surface area contributed by atoms with Gasteiger partial charge in [-0.2, -0.15) is 15.4 Å². The number of carbonyl (C=O) groups excluding carboxylic acids is 3. The van der Waals surface area contributed by atoms with Gasteiger partial charge in [0.25, 0.3) is 0 Å². The van der Waals surface area contributed by atoms with Crippen LogP contribution in [0.3, 0.4) is 0 Å². The van der Waals surface area contributed by atoms with E-state index in [9.17, 15) is 14.4 Å². The number of nitrogens with zero attached hydrogens (tertiary/aromatic N) is 6. The summed E-state index contributed by atoms with van der Waals surface area (Å²) in [6.45, 7) is 9.47. The van der Waals surface area contributed by atoms with Crippen LogP contribution in [0.1, 0.15) is 48.8 Å². The number of carbonyl (C=O) groups is 3. The fraction of sp³-hybridized carbons (Fsp3) is 0.571. The van der Waals surface area contributed by atoms with E-state index in [1.807, 2.05) is 45.9 Å². The molecule has 1 aromatic heterocycles. The summed E-state index contributed by atoms with van der Waals surface area (Å²) in [6.07, 6.45) is 4.88. The van der Waals surface area contributed by atoms with Crippen LogP contribution < -0.4 is 10.6 Å². The first kappa shape index (κ1) is 31.6. The normalized spacial score (nSPS) is 21.0. The van der Waals surface area contributed by atoms with Crippen molar-refractivity contribution in [1.82, 2.24) is 40.3 Å². The van der Waals surface area contributed by atoms with E-state index in [4.69, 9.17) is 0 Å². The fourth-order valence-corrected chi connectivity index (χ4v) is 8.10. The maximum Gasteiger partial charge on any atom is 0.322 e. The number of H-pyrrole nitrogens is 1. The molecular formula is C35H47N9O3. The van der Waals surface area contributed by atoms with E-state index in [1.54, 1.807) is 0 Å². The first-order chi connectivity index (χ1) is 22.9. The van der Waals surface area contributed by atoms with Crippen LogP contribution in [0.4, 0.5) is 10.5 Å². The summed E-state index contributed by atoms with van der Waals surface area (Å²) >= 11 is 0. The number of para-hydroxylation sites is 1. The third kappa shape index (κ3) is 6.99. The molecule has 2 aromatic carbocycles. The number of rotatable bonds is 7. The fourth-order valence-electron chi connectivity index (χ4n) is 8.10. The molecule has 3 N–H and O–H groups in total. The molecular weight excluding hydrogens is 594 g/mol. The van der Waals surface area contributed by atoms with Crippen LogP contribution >= 0.6 is 0 Å². The SMILES string of the molecule is Cc1cc(CC(CC(=O)N2CCC(N3CCc4ccccc4NC3=O)CC2)C(=O)N2CCC(N3CCNCC3)CC2)cc2n[nH]nc12. The molecule has 0 aliphatic carbocycles. The summed E-state index contributed by atoms with van der Waals surface area (Å²) in [4.78, 5) is 49.6. The van der Waals surface area contributed by atoms with Crippen LogP contribution in [0.2, 0.25) is 0 Å². The number of hydrogen-bond donors (Lipinski definition) is 3. The molecule has 0 radical (unpaired) electrons. The quantitative estimate of drug-likeness (QED) is 0.362. The van der Waals surface area contributed by atoms with Gasteiger partial charge in [-0.05, 0) is 74.3 Å². The van der Waals surface area contributed by atoms with E-state index < -0.39 is 5.92 Å². The van der Waals surface area contributed by atoms with Crippen molar-refractivity contribution in [2.45, 2.75) is 64.0 Å². The summed E-state index contributed by atoms with van der Waals surface area (Å²) in [5, 5.41) is 17.8. The second-order valence-corrected chi connectivity index (χ2v) is 13.7. The molecule has 12 heteroatoms. The number of aromatic amines is 1. The zero-order valence-electron chi connectivity index (χ0n) is 27.4. The molecule has 4 amide bonds. The Balaban J connectivity index is 1.00. The van der Waals surface area contributed by atoms with Gasteiger partial charge in [0.05, 0.1) is 5.92 Å². The smallest absolute Gasteiger partial charge is 0.322 e. The number of benzene rings is 2. The minimum absolute atomic E-state index is 0.0180. The van der Waals surface area contributed by atoms with Gasteiger partial charge in [0.2, 0.25) is 11.8 Å². The van der Waals surface area contributed by atoms with Crippen molar-refractivity contribution >= 4 is 34.6 Å². The lowest BCUT2D eigenvalue weighted by molar-refractivity contribution is -0.143. The molecule has 4 aliphatic rings. The van der Waals surface area contributed by atoms with Crippen molar-refractivity contribution < 1.29 is 14.4 Å². The Labute approximate surface area is 276 Å². The minimum atomic E-state index is -0.449. The van der Waals surface area contributed by atoms with Crippen LogP contribution in [0.25, 0.3) is 11.0 Å². The molecule has 3 saturated heterocycles. The molecule has 0 bridgehead atoms. The summed E-state index contributed by atoms with van der Waals surface area (Å²) in [5.41, 5.74) is 5.64. The second kappa shape index (κ2) is 14.0. The predicted molar refractivity (Wildman–Crippen MR) is 180 cm³/mol. The van der Waals surface area contributed by atoms with Gasteiger partial charge in [0.15, 0.2) is 0 Å². The van der Waals surface area contributed by atoms with Crippen LogP contribution in [0.15, 0.2) is 36.4 Å². The van der Waals surface area contributed by atoms with Crippen molar-refractivity contribution in [3.05, 3.63) is 53.1 Å². The van der Waals surface area contributed by atoms with Gasteiger partial charge in [-0.1, -0.05) is 24.3 Å². The number of urea groups is 1. The maximum atomic E-state index is 14.2. The van der Waals surface area contributed by atoms with Crippen molar-refractivity contribution in [3.8, 4) is 0 Å². The minimum Gasteiger partial charge on any atom is -0.343 e. The Kier molecular flexibility index (Phi) is 9.39. The number of aromatic nitrogens is 3. The van der Waals surface area contributed by atoms with Gasteiger partial charge in [-0.25, -0.2) is 4.79 Å². The first-order valence-electron chi connectivity index (χ1n) is 17.4. The van der Waals surface area contributed by atoms with Gasteiger partial charge < -0.3 is 25.3 Å². The number of piperidine rings is 2. The lowest BCUT2D eigenvalue weighted by Gasteiger charge is -2.41. The third-order valence-electron chi connectivity index (χ3n) is 10.8. The van der Waals surface area contributed by atoms with E-state index >= 15 is 0 Å². The average Bonchev–Trinajstić information content (AvgIpc) is 3.52. The van der Waals surface area contributed by atoms with E-state index in [1.165, 1.54) is 0 Å². The van der Waals surface area contributed by atoms with Crippen LogP contribution in [0, 0.1) is 12.8 Å². The summed E-state index contributed by atoms with van der Waals surface area (Å²) in [5.74, 6) is -0.357. The molecule has 1 atom stereocenters. The number of nitrogens with one attached hydrogen (secondary N) is 3. The highest BCUT2D eigenvalue weighted by molar-refractivity contribution is 5.91. The van der Waals surface area contributed by atoms with Gasteiger partial charge >= 0.3 is 6.03 Å². The molecule has 250 valence electrons. The average molecular weight is 642 g/mol. The van der Waals surface area contributed by atoms with Gasteiger partial charge in [0.1, 0.15) is 11.0 Å². The van der Waals surface area contributed by atoms with Crippen LogP contribution in [0.5, 0.6) is 0 Å². The van der Waals surface area contributed by atoms with E-state index in [2.05, 4.69) is 43.1 Å². The Morgan fingerprint density at radius 3 is 2.40 bits per heavy atom. The van der Waals surface area contributed by atoms with E-state index in [0.717, 1.165) is 105 Å². The zero-order valence-corrected chi connectivity index (χ0v) is 27.4. The number of fused-ring (bicyclic) bond motifs is 2. The number of aryl methyl sites for hydroxylation is 1. The molecule has 0 saturated carbocycles. The Morgan fingerprint density at radius 2 is 1.62 bits per heavy atom. The molecule has 5 heterocycles. The maximum absolute atomic E-state index is 14.2. The Hall–Kier alpha value is -4.03. The topological polar surface area (TPSA) is 130 Å². The number of piperazine rings is 1. The monoisotopic (exact) mass is 641 g/mol. The summed E-state index contributed by atoms with van der Waals surface area (Å²) < 4.78 is 0. The molecule has 12 nitrogen and oxygen atoms in total. The van der Waals surface area contributed by atoms with Crippen molar-refractivity contribution in [1.29, 1.82) is 0 Å². The number of amides is 4. The second-order valence-electron chi connectivity index (χ2n) is 13.7. The first-order valence-corrected chi connectivity index (χ1v) is 17.4. The molecule has 0 spiro atoms. The Bertz CT molecular complexity index is 1590. The van der Waals surface area contributed by atoms with Gasteiger partial charge in [-0.15, -0.1) is 0 Å². The van der Waals surface area contributed by atoms with Gasteiger partial charge in [0, 0.05) is 83.1 Å². The Morgan fingerprint density at radius 1 is 0.894 bits per heavy atom. The highest BCUT2D eigenvalue weighted by atomic mass is 16.2. The molecule has 1 unspecified atom stereocenters. The summed E-state index contributed by atoms with van der Waals surface area (Å²) in [7, 11) is 0. The largest absolute Gasteiger partial charge is 0.343 e. The highest BCUT2D eigenvalue weighted by Crippen LogP contribution is 2.28. The molecule has 47 heavy (non-hydrogen) atoms. The standard InChI is InChI=1S/C35H47N9O3/c1-24-20-25(22-31-33(24)39-40-38-31)21-27(34(46)43-15-7-28(8-16-43)41-18-11-36-12-19-41)23-32(45)42-13-9-29(10-14-42)44-17-6-26-4-2-3-5-30(26)37-35(44)47/h2-5,20,22,27-29,36H,6-19,21,23H2,1H3,(H,37,47)(H,38,39,40). The van der Waals surface area contributed by atoms with Crippen molar-refractivity contribution in [2.24, 2.45) is 5.92 Å². The lowest BCUT2D eigenvalue weighted by atomic mass is 9.91. The lowest BCUT2D eigenvalue weighted by Crippen LogP contribution is -2.53. The van der Waals surface area contributed by atoms with Crippen LogP contribution in [-0.2, 0) is 22.4 Å². The molecule has 7 rings (SSSR count). The molecule has 4 aliphatic heterocycles. The summed E-state index contributed by atoms with van der Waals surface area (Å²) in [6, 6.07) is 12.6. The number of anilines is 1. The van der Waals surface area contributed by atoms with Crippen LogP contribution in [-0.4, -0.2) is 124 Å². The van der Waals surface area contributed by atoms with E-state index in [0.29, 0.717) is 32.1 Å². The predicted octanol–water partition coefficient (Wildman–Crippen LogP) is 2.79. The van der Waals surface area contributed by atoms with E-state index in [-0.39, 0.29) is 30.3 Å². The number of hydrogen-bond acceptors (Lipinski definition) is 7. The van der Waals surface area contributed by atoms with Gasteiger partial charge in [-0.3, -0.25) is 14.5 Å². The highest BCUT2D eigenvalue weighted by Gasteiger charge is 2.35. The van der Waals surface area contributed by atoms with Crippen molar-refractivity contribution in [3.63, 3.8) is 0 Å². The molecule has 3 aromatic rings.